The van der Waals surface area contributed by atoms with Crippen molar-refractivity contribution in [2.75, 3.05) is 13.1 Å². The molecule has 26 heavy (non-hydrogen) atoms. The van der Waals surface area contributed by atoms with Crippen LogP contribution in [0.5, 0.6) is 11.5 Å². The number of ether oxygens (including phenoxy) is 1. The summed E-state index contributed by atoms with van der Waals surface area (Å²) in [7, 11) is -3.74. The molecule has 0 spiro atoms. The maximum atomic E-state index is 12.5. The molecule has 0 bridgehead atoms. The Labute approximate surface area is 152 Å². The first-order chi connectivity index (χ1) is 12.4. The summed E-state index contributed by atoms with van der Waals surface area (Å²) >= 11 is 0. The van der Waals surface area contributed by atoms with Crippen LogP contribution in [0.2, 0.25) is 0 Å². The molecule has 0 radical (unpaired) electrons. The van der Waals surface area contributed by atoms with Crippen LogP contribution >= 0.6 is 0 Å². The van der Waals surface area contributed by atoms with Crippen molar-refractivity contribution in [2.24, 2.45) is 5.92 Å². The first kappa shape index (κ1) is 18.4. The zero-order valence-corrected chi connectivity index (χ0v) is 14.8. The molecule has 2 atom stereocenters. The van der Waals surface area contributed by atoms with Crippen LogP contribution in [0.1, 0.15) is 6.42 Å². The molecule has 1 aliphatic rings. The average Bonchev–Trinajstić information content (AvgIpc) is 2.63. The lowest BCUT2D eigenvalue weighted by atomic mass is 9.97. The van der Waals surface area contributed by atoms with Gasteiger partial charge in [-0.15, -0.1) is 0 Å². The van der Waals surface area contributed by atoms with E-state index in [2.05, 4.69) is 10.0 Å². The molecule has 1 saturated heterocycles. The third kappa shape index (κ3) is 4.60. The predicted molar refractivity (Wildman–Crippen MR) is 95.7 cm³/mol. The standard InChI is InChI=1S/C18H20N2O5S/c21-18(22)13-10-14(12-19-11-13)20-26(23,24)17-8-6-16(7-9-17)25-15-4-2-1-3-5-15/h1-9,13-14,19-20H,10-12H2,(H,21,22)/t13-,14+/m0/s1. The second-order valence-electron chi connectivity index (χ2n) is 6.13. The Kier molecular flexibility index (Phi) is 5.55. The maximum Gasteiger partial charge on any atom is 0.307 e. The molecule has 1 heterocycles. The molecule has 3 rings (SSSR count). The zero-order valence-electron chi connectivity index (χ0n) is 14.0. The smallest absolute Gasteiger partial charge is 0.307 e. The predicted octanol–water partition coefficient (Wildman–Crippen LogP) is 1.82. The molecule has 0 aromatic heterocycles. The molecule has 0 saturated carbocycles. The second kappa shape index (κ2) is 7.86. The monoisotopic (exact) mass is 376 g/mol. The third-order valence-electron chi connectivity index (χ3n) is 4.13. The normalized spacial score (nSPS) is 20.5. The first-order valence-electron chi connectivity index (χ1n) is 8.23. The van der Waals surface area contributed by atoms with E-state index in [1.165, 1.54) is 12.1 Å². The van der Waals surface area contributed by atoms with Gasteiger partial charge in [0.1, 0.15) is 11.5 Å². The van der Waals surface area contributed by atoms with Gasteiger partial charge in [-0.25, -0.2) is 13.1 Å². The van der Waals surface area contributed by atoms with E-state index in [1.54, 1.807) is 24.3 Å². The molecule has 138 valence electrons. The molecule has 0 amide bonds. The Hall–Kier alpha value is -2.42. The van der Waals surface area contributed by atoms with Gasteiger partial charge in [0.25, 0.3) is 0 Å². The minimum absolute atomic E-state index is 0.107. The Morgan fingerprint density at radius 1 is 1.04 bits per heavy atom. The van der Waals surface area contributed by atoms with Crippen molar-refractivity contribution in [3.8, 4) is 11.5 Å². The number of carboxylic acid groups (broad SMARTS) is 1. The Bertz CT molecular complexity index is 853. The number of carboxylic acids is 1. The van der Waals surface area contributed by atoms with Crippen molar-refractivity contribution in [2.45, 2.75) is 17.4 Å². The van der Waals surface area contributed by atoms with E-state index in [1.807, 2.05) is 18.2 Å². The molecular formula is C18H20N2O5S. The number of hydrogen-bond donors (Lipinski definition) is 3. The summed E-state index contributed by atoms with van der Waals surface area (Å²) in [4.78, 5) is 11.2. The van der Waals surface area contributed by atoms with E-state index >= 15 is 0 Å². The van der Waals surface area contributed by atoms with Gasteiger partial charge in [-0.3, -0.25) is 4.79 Å². The lowest BCUT2D eigenvalue weighted by Crippen LogP contribution is -2.50. The summed E-state index contributed by atoms with van der Waals surface area (Å²) < 4.78 is 33.3. The number of piperidine rings is 1. The van der Waals surface area contributed by atoms with Gasteiger partial charge >= 0.3 is 5.97 Å². The van der Waals surface area contributed by atoms with Gasteiger partial charge in [0.2, 0.25) is 10.0 Å². The highest BCUT2D eigenvalue weighted by Crippen LogP contribution is 2.23. The first-order valence-corrected chi connectivity index (χ1v) is 9.71. The molecule has 0 unspecified atom stereocenters. The highest BCUT2D eigenvalue weighted by molar-refractivity contribution is 7.89. The zero-order chi connectivity index (χ0) is 18.6. The summed E-state index contributed by atoms with van der Waals surface area (Å²) in [5.74, 6) is -0.337. The number of para-hydroxylation sites is 1. The van der Waals surface area contributed by atoms with Crippen LogP contribution in [0, 0.1) is 5.92 Å². The summed E-state index contributed by atoms with van der Waals surface area (Å²) in [6, 6.07) is 14.8. The molecule has 0 aliphatic carbocycles. The van der Waals surface area contributed by atoms with Crippen LogP contribution in [0.3, 0.4) is 0 Å². The van der Waals surface area contributed by atoms with Gasteiger partial charge < -0.3 is 15.2 Å². The van der Waals surface area contributed by atoms with Crippen LogP contribution in [-0.4, -0.2) is 38.6 Å². The van der Waals surface area contributed by atoms with E-state index in [4.69, 9.17) is 9.84 Å². The van der Waals surface area contributed by atoms with Gasteiger partial charge in [-0.05, 0) is 42.8 Å². The fourth-order valence-corrected chi connectivity index (χ4v) is 4.07. The quantitative estimate of drug-likeness (QED) is 0.710. The average molecular weight is 376 g/mol. The molecule has 8 heteroatoms. The summed E-state index contributed by atoms with van der Waals surface area (Å²) in [5.41, 5.74) is 0. The van der Waals surface area contributed by atoms with Crippen molar-refractivity contribution in [3.05, 3.63) is 54.6 Å². The van der Waals surface area contributed by atoms with Crippen LogP contribution in [0.15, 0.2) is 59.5 Å². The number of rotatable bonds is 6. The van der Waals surface area contributed by atoms with Crippen LogP contribution < -0.4 is 14.8 Å². The SMILES string of the molecule is O=C(O)[C@@H]1CNC[C@H](NS(=O)(=O)c2ccc(Oc3ccccc3)cc2)C1. The van der Waals surface area contributed by atoms with Crippen molar-refractivity contribution in [1.82, 2.24) is 10.0 Å². The Morgan fingerprint density at radius 3 is 2.35 bits per heavy atom. The molecule has 1 fully saturated rings. The molecule has 3 N–H and O–H groups in total. The van der Waals surface area contributed by atoms with Gasteiger partial charge in [0, 0.05) is 19.1 Å². The second-order valence-corrected chi connectivity index (χ2v) is 7.85. The summed E-state index contributed by atoms with van der Waals surface area (Å²) in [6.07, 6.45) is 0.261. The van der Waals surface area contributed by atoms with Crippen molar-refractivity contribution in [1.29, 1.82) is 0 Å². The van der Waals surface area contributed by atoms with Crippen LogP contribution in [-0.2, 0) is 14.8 Å². The maximum absolute atomic E-state index is 12.5. The summed E-state index contributed by atoms with van der Waals surface area (Å²) in [5, 5.41) is 12.0. The van der Waals surface area contributed by atoms with Crippen LogP contribution in [0.4, 0.5) is 0 Å². The molecule has 2 aromatic carbocycles. The van der Waals surface area contributed by atoms with E-state index in [9.17, 15) is 13.2 Å². The Balaban J connectivity index is 1.66. The lowest BCUT2D eigenvalue weighted by Gasteiger charge is -2.28. The number of hydrogen-bond acceptors (Lipinski definition) is 5. The van der Waals surface area contributed by atoms with Crippen molar-refractivity contribution >= 4 is 16.0 Å². The van der Waals surface area contributed by atoms with Gasteiger partial charge in [0.05, 0.1) is 10.8 Å². The third-order valence-corrected chi connectivity index (χ3v) is 5.67. The molecule has 1 aliphatic heterocycles. The molecule has 2 aromatic rings. The number of aliphatic carboxylic acids is 1. The summed E-state index contributed by atoms with van der Waals surface area (Å²) in [6.45, 7) is 0.747. The van der Waals surface area contributed by atoms with E-state index in [-0.39, 0.29) is 11.3 Å². The van der Waals surface area contributed by atoms with Gasteiger partial charge in [0.15, 0.2) is 0 Å². The topological polar surface area (TPSA) is 105 Å². The van der Waals surface area contributed by atoms with Crippen molar-refractivity contribution < 1.29 is 23.1 Å². The largest absolute Gasteiger partial charge is 0.481 e. The van der Waals surface area contributed by atoms with Gasteiger partial charge in [-0.1, -0.05) is 18.2 Å². The fourth-order valence-electron chi connectivity index (χ4n) is 2.82. The Morgan fingerprint density at radius 2 is 1.69 bits per heavy atom. The number of nitrogens with one attached hydrogen (secondary N) is 2. The van der Waals surface area contributed by atoms with Gasteiger partial charge in [-0.2, -0.15) is 0 Å². The number of sulfonamides is 1. The lowest BCUT2D eigenvalue weighted by molar-refractivity contribution is -0.142. The number of carbonyl (C=O) groups is 1. The van der Waals surface area contributed by atoms with E-state index < -0.39 is 28.0 Å². The minimum Gasteiger partial charge on any atom is -0.481 e. The fraction of sp³-hybridized carbons (Fsp3) is 0.278. The van der Waals surface area contributed by atoms with E-state index in [0.29, 0.717) is 24.6 Å². The number of benzene rings is 2. The highest BCUT2D eigenvalue weighted by Gasteiger charge is 2.29. The van der Waals surface area contributed by atoms with Crippen molar-refractivity contribution in [3.63, 3.8) is 0 Å². The molecular weight excluding hydrogens is 356 g/mol. The highest BCUT2D eigenvalue weighted by atomic mass is 32.2. The van der Waals surface area contributed by atoms with E-state index in [0.717, 1.165) is 0 Å². The van der Waals surface area contributed by atoms with Crippen LogP contribution in [0.25, 0.3) is 0 Å². The molecule has 7 nitrogen and oxygen atoms in total. The minimum atomic E-state index is -3.74.